The molecule has 0 atom stereocenters. The van der Waals surface area contributed by atoms with Crippen molar-refractivity contribution in [2.45, 2.75) is 52.0 Å². The van der Waals surface area contributed by atoms with Gasteiger partial charge in [-0.05, 0) is 92.9 Å². The van der Waals surface area contributed by atoms with E-state index in [9.17, 15) is 4.79 Å². The number of aromatic nitrogens is 7. The topological polar surface area (TPSA) is 113 Å². The summed E-state index contributed by atoms with van der Waals surface area (Å²) in [5.41, 5.74) is 6.12. The number of imidazole rings is 1. The standard InChI is InChI=1S/C35H34N8O2S/c1-20-25(17-39-43(20)18-35-12-21-9-22(13-35)11-23(10-21)14-35)26-16-37-32-31(30(26)33(44)45-2)38-19-42(32)24-7-8-29(36-15-24)41-34-40-27-5-3-4-6-28(27)46-34/h3-8,15-17,19,21-23H,9-14,18H2,1-2H3,(H,36,40,41). The molecule has 0 unspecified atom stereocenters. The van der Waals surface area contributed by atoms with Crippen LogP contribution in [0.1, 0.15) is 54.6 Å². The molecule has 1 N–H and O–H groups in total. The van der Waals surface area contributed by atoms with Crippen molar-refractivity contribution in [1.82, 2.24) is 34.3 Å². The minimum atomic E-state index is -0.450. The fraction of sp³-hybridized carbons (Fsp3) is 0.371. The summed E-state index contributed by atoms with van der Waals surface area (Å²) in [5.74, 6) is 2.88. The molecular weight excluding hydrogens is 597 g/mol. The smallest absolute Gasteiger partial charge is 0.340 e. The van der Waals surface area contributed by atoms with Gasteiger partial charge in [-0.3, -0.25) is 9.25 Å². The number of hydrogen-bond acceptors (Lipinski definition) is 9. The monoisotopic (exact) mass is 630 g/mol. The van der Waals surface area contributed by atoms with Gasteiger partial charge in [0.25, 0.3) is 0 Å². The normalized spacial score (nSPS) is 23.4. The number of methoxy groups -OCH3 is 1. The van der Waals surface area contributed by atoms with Crippen LogP contribution in [0.3, 0.4) is 0 Å². The summed E-state index contributed by atoms with van der Waals surface area (Å²) >= 11 is 1.58. The van der Waals surface area contributed by atoms with E-state index in [0.29, 0.717) is 33.5 Å². The Morgan fingerprint density at radius 3 is 2.48 bits per heavy atom. The van der Waals surface area contributed by atoms with E-state index in [2.05, 4.69) is 37.9 Å². The second-order valence-corrected chi connectivity index (χ2v) is 14.6. The Morgan fingerprint density at radius 2 is 1.76 bits per heavy atom. The minimum Gasteiger partial charge on any atom is -0.465 e. The summed E-state index contributed by atoms with van der Waals surface area (Å²) < 4.78 is 10.4. The van der Waals surface area contributed by atoms with Crippen LogP contribution in [0.25, 0.3) is 38.2 Å². The Kier molecular flexibility index (Phi) is 6.28. The van der Waals surface area contributed by atoms with Crippen molar-refractivity contribution in [2.75, 3.05) is 12.4 Å². The van der Waals surface area contributed by atoms with Gasteiger partial charge < -0.3 is 10.1 Å². The van der Waals surface area contributed by atoms with Gasteiger partial charge in [-0.1, -0.05) is 23.5 Å². The van der Waals surface area contributed by atoms with Gasteiger partial charge in [0.2, 0.25) is 0 Å². The van der Waals surface area contributed by atoms with Gasteiger partial charge in [0.05, 0.1) is 41.0 Å². The van der Waals surface area contributed by atoms with E-state index in [0.717, 1.165) is 56.6 Å². The van der Waals surface area contributed by atoms with E-state index >= 15 is 0 Å². The van der Waals surface area contributed by atoms with E-state index in [-0.39, 0.29) is 0 Å². The number of thiazole rings is 1. The SMILES string of the molecule is COC(=O)c1c(-c2cnn(CC34CC5CC(CC(C5)C3)C4)c2C)cnc2c1ncn2-c1ccc(Nc2nc3ccccc3s2)nc1. The van der Waals surface area contributed by atoms with Gasteiger partial charge in [0.1, 0.15) is 17.7 Å². The van der Waals surface area contributed by atoms with Crippen LogP contribution in [-0.2, 0) is 11.3 Å². The van der Waals surface area contributed by atoms with Crippen LogP contribution in [0.15, 0.2) is 61.3 Å². The number of hydrogen-bond donors (Lipinski definition) is 1. The fourth-order valence-corrected chi connectivity index (χ4v) is 9.84. The van der Waals surface area contributed by atoms with Crippen molar-refractivity contribution in [3.8, 4) is 16.8 Å². The van der Waals surface area contributed by atoms with Crippen LogP contribution in [0.5, 0.6) is 0 Å². The maximum atomic E-state index is 13.3. The van der Waals surface area contributed by atoms with Crippen LogP contribution < -0.4 is 5.32 Å². The maximum absolute atomic E-state index is 13.3. The van der Waals surface area contributed by atoms with Gasteiger partial charge in [-0.2, -0.15) is 5.10 Å². The summed E-state index contributed by atoms with van der Waals surface area (Å²) in [4.78, 5) is 32.1. The van der Waals surface area contributed by atoms with Crippen LogP contribution in [-0.4, -0.2) is 47.4 Å². The lowest BCUT2D eigenvalue weighted by Crippen LogP contribution is -2.48. The second-order valence-electron chi connectivity index (χ2n) is 13.6. The molecule has 4 bridgehead atoms. The number of carbonyl (C=O) groups excluding carboxylic acids is 1. The molecule has 232 valence electrons. The highest BCUT2D eigenvalue weighted by Crippen LogP contribution is 2.60. The second kappa shape index (κ2) is 10.4. The molecule has 4 aliphatic carbocycles. The number of para-hydroxylation sites is 1. The molecule has 5 heterocycles. The lowest BCUT2D eigenvalue weighted by atomic mass is 9.49. The maximum Gasteiger partial charge on any atom is 0.340 e. The largest absolute Gasteiger partial charge is 0.465 e. The molecule has 5 aromatic heterocycles. The highest BCUT2D eigenvalue weighted by Gasteiger charge is 2.51. The fourth-order valence-electron chi connectivity index (χ4n) is 8.97. The molecule has 10 rings (SSSR count). The lowest BCUT2D eigenvalue weighted by Gasteiger charge is -2.56. The van der Waals surface area contributed by atoms with E-state index < -0.39 is 5.97 Å². The van der Waals surface area contributed by atoms with Crippen molar-refractivity contribution >= 4 is 49.6 Å². The highest BCUT2D eigenvalue weighted by atomic mass is 32.1. The third-order valence-electron chi connectivity index (χ3n) is 10.6. The number of nitrogens with zero attached hydrogens (tertiary/aromatic N) is 7. The molecule has 46 heavy (non-hydrogen) atoms. The van der Waals surface area contributed by atoms with Crippen molar-refractivity contribution in [3.05, 3.63) is 72.6 Å². The Hall–Kier alpha value is -4.64. The Bertz CT molecular complexity index is 2060. The molecule has 0 amide bonds. The predicted molar refractivity (Wildman–Crippen MR) is 177 cm³/mol. The molecule has 11 heteroatoms. The molecule has 6 aromatic rings. The molecule has 1 aromatic carbocycles. The van der Waals surface area contributed by atoms with Crippen molar-refractivity contribution in [1.29, 1.82) is 0 Å². The molecule has 4 aliphatic rings. The lowest BCUT2D eigenvalue weighted by molar-refractivity contribution is -0.0638. The van der Waals surface area contributed by atoms with Gasteiger partial charge >= 0.3 is 5.97 Å². The number of ether oxygens (including phenoxy) is 1. The number of fused-ring (bicyclic) bond motifs is 2. The molecular formula is C35H34N8O2S. The Morgan fingerprint density at radius 1 is 0.978 bits per heavy atom. The molecule has 4 saturated carbocycles. The van der Waals surface area contributed by atoms with E-state index in [1.165, 1.54) is 45.6 Å². The zero-order valence-corrected chi connectivity index (χ0v) is 26.6. The van der Waals surface area contributed by atoms with Crippen LogP contribution in [0.4, 0.5) is 10.9 Å². The molecule has 4 fully saturated rings. The molecule has 0 radical (unpaired) electrons. The number of carbonyl (C=O) groups is 1. The van der Waals surface area contributed by atoms with E-state index in [1.807, 2.05) is 41.1 Å². The first-order valence-electron chi connectivity index (χ1n) is 16.0. The van der Waals surface area contributed by atoms with Gasteiger partial charge in [0.15, 0.2) is 10.8 Å². The van der Waals surface area contributed by atoms with Gasteiger partial charge in [-0.15, -0.1) is 0 Å². The summed E-state index contributed by atoms with van der Waals surface area (Å²) in [5, 5.41) is 8.95. The Labute approximate surface area is 269 Å². The molecule has 10 nitrogen and oxygen atoms in total. The minimum absolute atomic E-state index is 0.350. The first-order chi connectivity index (χ1) is 22.4. The molecule has 0 saturated heterocycles. The van der Waals surface area contributed by atoms with Crippen LogP contribution >= 0.6 is 11.3 Å². The van der Waals surface area contributed by atoms with Gasteiger partial charge in [-0.25, -0.2) is 24.7 Å². The third-order valence-corrected chi connectivity index (χ3v) is 11.5. The van der Waals surface area contributed by atoms with Crippen molar-refractivity contribution in [2.24, 2.45) is 23.2 Å². The third kappa shape index (κ3) is 4.51. The zero-order chi connectivity index (χ0) is 31.0. The number of rotatable bonds is 7. The number of pyridine rings is 2. The zero-order valence-electron chi connectivity index (χ0n) is 25.8. The Balaban J connectivity index is 1.02. The highest BCUT2D eigenvalue weighted by molar-refractivity contribution is 7.22. The number of anilines is 2. The number of nitrogens with one attached hydrogen (secondary N) is 1. The van der Waals surface area contributed by atoms with Crippen molar-refractivity contribution in [3.63, 3.8) is 0 Å². The number of benzene rings is 1. The average molecular weight is 631 g/mol. The average Bonchev–Trinajstić information content (AvgIpc) is 3.76. The van der Waals surface area contributed by atoms with Crippen LogP contribution in [0, 0.1) is 30.1 Å². The quantitative estimate of drug-likeness (QED) is 0.182. The first-order valence-corrected chi connectivity index (χ1v) is 16.8. The van der Waals surface area contributed by atoms with Crippen molar-refractivity contribution < 1.29 is 9.53 Å². The summed E-state index contributed by atoms with van der Waals surface area (Å²) in [6.45, 7) is 3.04. The summed E-state index contributed by atoms with van der Waals surface area (Å²) in [6, 6.07) is 11.9. The molecule has 0 spiro atoms. The van der Waals surface area contributed by atoms with Gasteiger partial charge in [0, 0.05) is 29.6 Å². The van der Waals surface area contributed by atoms with Crippen LogP contribution in [0.2, 0.25) is 0 Å². The van der Waals surface area contributed by atoms with E-state index in [4.69, 9.17) is 14.8 Å². The predicted octanol–water partition coefficient (Wildman–Crippen LogP) is 7.34. The summed E-state index contributed by atoms with van der Waals surface area (Å²) in [7, 11) is 1.40. The summed E-state index contributed by atoms with van der Waals surface area (Å²) in [6.07, 6.45) is 15.3. The molecule has 0 aliphatic heterocycles. The number of esters is 1. The van der Waals surface area contributed by atoms with E-state index in [1.54, 1.807) is 30.1 Å². The first kappa shape index (κ1) is 27.7.